The van der Waals surface area contributed by atoms with Crippen LogP contribution in [0.25, 0.3) is 33.3 Å². The topological polar surface area (TPSA) is 93.5 Å². The van der Waals surface area contributed by atoms with Crippen LogP contribution in [-0.4, -0.2) is 39.9 Å². The minimum atomic E-state index is -0.960. The molecule has 0 saturated heterocycles. The van der Waals surface area contributed by atoms with Crippen LogP contribution in [0.15, 0.2) is 78.9 Å². The van der Waals surface area contributed by atoms with Crippen molar-refractivity contribution in [3.05, 3.63) is 106 Å². The molecule has 1 aliphatic heterocycles. The molecule has 0 unspecified atom stereocenters. The molecule has 1 aromatic heterocycles. The van der Waals surface area contributed by atoms with Crippen LogP contribution in [-0.2, 0) is 11.2 Å². The van der Waals surface area contributed by atoms with E-state index in [4.69, 9.17) is 38.1 Å². The van der Waals surface area contributed by atoms with Gasteiger partial charge in [0.1, 0.15) is 11.4 Å². The van der Waals surface area contributed by atoms with Gasteiger partial charge in [0.05, 0.1) is 24.6 Å². The average Bonchev–Trinajstić information content (AvgIpc) is 3.60. The maximum atomic E-state index is 12.5. The van der Waals surface area contributed by atoms with Gasteiger partial charge in [-0.05, 0) is 83.8 Å². The Kier molecular flexibility index (Phi) is 7.62. The number of carbonyl (C=O) groups excluding carboxylic acids is 1. The first kappa shape index (κ1) is 27.8. The highest BCUT2D eigenvalue weighted by Crippen LogP contribution is 2.37. The zero-order valence-electron chi connectivity index (χ0n) is 22.7. The number of hydrogen-bond donors (Lipinski definition) is 2. The van der Waals surface area contributed by atoms with E-state index in [0.717, 1.165) is 51.0 Å². The fraction of sp³-hybridized carbons (Fsp3) is 0.182. The molecule has 9 heteroatoms. The largest absolute Gasteiger partial charge is 0.493 e. The van der Waals surface area contributed by atoms with Gasteiger partial charge < -0.3 is 15.2 Å². The highest BCUT2D eigenvalue weighted by molar-refractivity contribution is 6.35. The third-order valence-electron chi connectivity index (χ3n) is 7.51. The van der Waals surface area contributed by atoms with Gasteiger partial charge in [-0.15, -0.1) is 0 Å². The van der Waals surface area contributed by atoms with Crippen molar-refractivity contribution in [2.45, 2.75) is 25.8 Å². The van der Waals surface area contributed by atoms with E-state index >= 15 is 0 Å². The second-order valence-electron chi connectivity index (χ2n) is 10.3. The number of nitrogens with one attached hydrogen (secondary N) is 1. The molecular weight excluding hydrogens is 573 g/mol. The van der Waals surface area contributed by atoms with E-state index in [1.807, 2.05) is 35.0 Å². The first-order valence-corrected chi connectivity index (χ1v) is 14.4. The van der Waals surface area contributed by atoms with Crippen LogP contribution < -0.4 is 10.1 Å². The highest BCUT2D eigenvalue weighted by atomic mass is 35.5. The lowest BCUT2D eigenvalue weighted by Crippen LogP contribution is -2.26. The molecule has 1 aliphatic rings. The van der Waals surface area contributed by atoms with E-state index in [0.29, 0.717) is 22.2 Å². The van der Waals surface area contributed by atoms with Gasteiger partial charge in [0.15, 0.2) is 0 Å². The number of carboxylic acid groups (broad SMARTS) is 1. The number of ether oxygens (including phenoxy) is 1. The van der Waals surface area contributed by atoms with Crippen LogP contribution in [0, 0.1) is 0 Å². The van der Waals surface area contributed by atoms with Crippen LogP contribution >= 0.6 is 23.2 Å². The molecule has 212 valence electrons. The number of fused-ring (bicyclic) bond motifs is 2. The third kappa shape index (κ3) is 5.58. The van der Waals surface area contributed by atoms with Gasteiger partial charge in [-0.2, -0.15) is 5.10 Å². The van der Waals surface area contributed by atoms with Crippen molar-refractivity contribution in [1.29, 1.82) is 0 Å². The predicted octanol–water partition coefficient (Wildman–Crippen LogP) is 7.43. The maximum absolute atomic E-state index is 12.5. The summed E-state index contributed by atoms with van der Waals surface area (Å²) in [4.78, 5) is 23.2. The second kappa shape index (κ2) is 11.5. The summed E-state index contributed by atoms with van der Waals surface area (Å²) in [5, 5.41) is 18.5. The Labute approximate surface area is 252 Å². The molecule has 0 saturated carbocycles. The Morgan fingerprint density at radius 2 is 1.67 bits per heavy atom. The molecule has 0 spiro atoms. The predicted molar refractivity (Wildman–Crippen MR) is 165 cm³/mol. The monoisotopic (exact) mass is 599 g/mol. The van der Waals surface area contributed by atoms with Gasteiger partial charge in [-0.25, -0.2) is 0 Å². The minimum absolute atomic E-state index is 0.0709. The van der Waals surface area contributed by atoms with E-state index in [1.165, 1.54) is 5.56 Å². The summed E-state index contributed by atoms with van der Waals surface area (Å²) < 4.78 is 7.69. The molecule has 0 bridgehead atoms. The molecule has 2 N–H and O–H groups in total. The third-order valence-corrected chi connectivity index (χ3v) is 7.95. The number of benzene rings is 4. The van der Waals surface area contributed by atoms with Crippen molar-refractivity contribution < 1.29 is 19.4 Å². The average molecular weight is 601 g/mol. The molecule has 0 aliphatic carbocycles. The fourth-order valence-electron chi connectivity index (χ4n) is 5.32. The van der Waals surface area contributed by atoms with Gasteiger partial charge in [0, 0.05) is 39.5 Å². The van der Waals surface area contributed by atoms with Gasteiger partial charge in [-0.3, -0.25) is 14.3 Å². The van der Waals surface area contributed by atoms with Crippen molar-refractivity contribution in [2.75, 3.05) is 13.2 Å². The molecule has 5 aromatic rings. The van der Waals surface area contributed by atoms with E-state index in [9.17, 15) is 9.59 Å². The lowest BCUT2D eigenvalue weighted by Gasteiger charge is -2.15. The Bertz CT molecular complexity index is 1810. The molecule has 0 radical (unpaired) electrons. The van der Waals surface area contributed by atoms with Crippen LogP contribution in [0.2, 0.25) is 10.0 Å². The number of carboxylic acids is 1. The van der Waals surface area contributed by atoms with E-state index < -0.39 is 5.97 Å². The van der Waals surface area contributed by atoms with Gasteiger partial charge in [-0.1, -0.05) is 47.5 Å². The van der Waals surface area contributed by atoms with Gasteiger partial charge in [0.2, 0.25) is 0 Å². The molecule has 42 heavy (non-hydrogen) atoms. The van der Waals surface area contributed by atoms with Crippen molar-refractivity contribution in [3.63, 3.8) is 0 Å². The molecule has 7 nitrogen and oxygen atoms in total. The fourth-order valence-corrected chi connectivity index (χ4v) is 5.85. The molecule has 2 heterocycles. The summed E-state index contributed by atoms with van der Waals surface area (Å²) in [6.07, 6.45) is 0.766. The summed E-state index contributed by atoms with van der Waals surface area (Å²) >= 11 is 12.7. The summed E-state index contributed by atoms with van der Waals surface area (Å²) in [6.45, 7) is 2.83. The van der Waals surface area contributed by atoms with Crippen LogP contribution in [0.5, 0.6) is 5.75 Å². The van der Waals surface area contributed by atoms with E-state index in [-0.39, 0.29) is 24.9 Å². The second-order valence-corrected chi connectivity index (χ2v) is 11.2. The maximum Gasteiger partial charge on any atom is 0.305 e. The first-order chi connectivity index (χ1) is 20.3. The standard InChI is InChI=1S/C33H27Cl2N3O4/c1-19(20-2-4-21(5-3-20)33(41)36-12-10-31(39)40)38-29-17-23(22-7-9-30-24(14-22)11-13-42-30)6-8-28(29)32(37-38)25-15-26(34)18-27(35)16-25/h2-9,14-19H,10-13H2,1H3,(H,36,41)(H,39,40)/t19-/m0/s1. The quantitative estimate of drug-likeness (QED) is 0.193. The minimum Gasteiger partial charge on any atom is -0.493 e. The summed E-state index contributed by atoms with van der Waals surface area (Å²) in [5.74, 6) is -0.333. The number of aromatic nitrogens is 2. The van der Waals surface area contributed by atoms with Crippen LogP contribution in [0.3, 0.4) is 0 Å². The number of carbonyl (C=O) groups is 2. The van der Waals surface area contributed by atoms with Crippen LogP contribution in [0.1, 0.15) is 40.9 Å². The molecule has 6 rings (SSSR count). The van der Waals surface area contributed by atoms with Crippen LogP contribution in [0.4, 0.5) is 0 Å². The number of hydrogen-bond acceptors (Lipinski definition) is 4. The zero-order chi connectivity index (χ0) is 29.4. The van der Waals surface area contributed by atoms with E-state index in [1.54, 1.807) is 18.2 Å². The Hall–Kier alpha value is -4.33. The number of halogens is 2. The zero-order valence-corrected chi connectivity index (χ0v) is 24.2. The molecule has 0 fully saturated rings. The lowest BCUT2D eigenvalue weighted by molar-refractivity contribution is -0.136. The summed E-state index contributed by atoms with van der Waals surface area (Å²) in [5.41, 5.74) is 7.32. The molecule has 4 aromatic carbocycles. The number of nitrogens with zero attached hydrogens (tertiary/aromatic N) is 2. The Balaban J connectivity index is 1.40. The first-order valence-electron chi connectivity index (χ1n) is 13.6. The molecular formula is C33H27Cl2N3O4. The number of amides is 1. The lowest BCUT2D eigenvalue weighted by atomic mass is 9.99. The van der Waals surface area contributed by atoms with Crippen molar-refractivity contribution in [3.8, 4) is 28.1 Å². The normalized spacial score (nSPS) is 13.0. The Morgan fingerprint density at radius 3 is 2.40 bits per heavy atom. The van der Waals surface area contributed by atoms with Crippen molar-refractivity contribution in [2.24, 2.45) is 0 Å². The highest BCUT2D eigenvalue weighted by Gasteiger charge is 2.20. The van der Waals surface area contributed by atoms with E-state index in [2.05, 4.69) is 42.6 Å². The molecule has 1 atom stereocenters. The van der Waals surface area contributed by atoms with Gasteiger partial charge in [0.25, 0.3) is 5.91 Å². The molecule has 1 amide bonds. The number of rotatable bonds is 8. The van der Waals surface area contributed by atoms with Gasteiger partial charge >= 0.3 is 5.97 Å². The summed E-state index contributed by atoms with van der Waals surface area (Å²) in [6, 6.07) is 25.1. The van der Waals surface area contributed by atoms with Crippen molar-refractivity contribution >= 4 is 46.0 Å². The number of aliphatic carboxylic acids is 1. The SMILES string of the molecule is C[C@@H](c1ccc(C(=O)NCCC(=O)O)cc1)n1nc(-c2cc(Cl)cc(Cl)c2)c2ccc(-c3ccc4c(c3)CCO4)cc21. The summed E-state index contributed by atoms with van der Waals surface area (Å²) in [7, 11) is 0. The Morgan fingerprint density at radius 1 is 0.952 bits per heavy atom. The van der Waals surface area contributed by atoms with Crippen molar-refractivity contribution in [1.82, 2.24) is 15.1 Å². The smallest absolute Gasteiger partial charge is 0.305 e.